The number of rotatable bonds is 2. The molecule has 1 aliphatic rings. The molecule has 3 rings (SSSR count). The number of aryl methyl sites for hydroxylation is 2. The summed E-state index contributed by atoms with van der Waals surface area (Å²) in [6.45, 7) is 0. The zero-order valence-corrected chi connectivity index (χ0v) is 10.8. The van der Waals surface area contributed by atoms with Crippen molar-refractivity contribution in [3.63, 3.8) is 0 Å². The van der Waals surface area contributed by atoms with Gasteiger partial charge in [-0.25, -0.2) is 0 Å². The van der Waals surface area contributed by atoms with Gasteiger partial charge < -0.3 is 5.21 Å². The Kier molecular flexibility index (Phi) is 3.32. The maximum atomic E-state index is 9.32. The van der Waals surface area contributed by atoms with Crippen molar-refractivity contribution in [3.05, 3.63) is 70.8 Å². The molecule has 0 bridgehead atoms. The number of benzene rings is 2. The zero-order chi connectivity index (χ0) is 13.1. The molecule has 0 atom stereocenters. The highest BCUT2D eigenvalue weighted by Crippen LogP contribution is 2.23. The van der Waals surface area contributed by atoms with Gasteiger partial charge in [-0.2, -0.15) is 0 Å². The Labute approximate surface area is 113 Å². The van der Waals surface area contributed by atoms with Crippen molar-refractivity contribution >= 4 is 5.71 Å². The Hall–Kier alpha value is -2.09. The largest absolute Gasteiger partial charge is 0.410 e. The molecular formula is C17H17NO. The van der Waals surface area contributed by atoms with E-state index in [0.29, 0.717) is 5.71 Å². The van der Waals surface area contributed by atoms with Crippen molar-refractivity contribution in [2.45, 2.75) is 25.7 Å². The summed E-state index contributed by atoms with van der Waals surface area (Å²) in [5, 5.41) is 12.8. The quantitative estimate of drug-likeness (QED) is 0.491. The summed E-state index contributed by atoms with van der Waals surface area (Å²) in [5.41, 5.74) is 5.44. The molecule has 1 N–H and O–H groups in total. The van der Waals surface area contributed by atoms with Crippen LogP contribution in [0.25, 0.3) is 0 Å². The Morgan fingerprint density at radius 2 is 1.58 bits per heavy atom. The Bertz CT molecular complexity index is 602. The fourth-order valence-electron chi connectivity index (χ4n) is 2.76. The van der Waals surface area contributed by atoms with Crippen molar-refractivity contribution in [3.8, 4) is 0 Å². The minimum atomic E-state index is 0.647. The van der Waals surface area contributed by atoms with Gasteiger partial charge in [-0.1, -0.05) is 47.6 Å². The third-order valence-corrected chi connectivity index (χ3v) is 3.77. The molecule has 0 aliphatic heterocycles. The van der Waals surface area contributed by atoms with E-state index < -0.39 is 0 Å². The molecule has 0 amide bonds. The molecule has 0 saturated heterocycles. The number of nitrogens with zero attached hydrogens (tertiary/aromatic N) is 1. The summed E-state index contributed by atoms with van der Waals surface area (Å²) in [7, 11) is 0. The number of oxime groups is 1. The van der Waals surface area contributed by atoms with E-state index in [2.05, 4.69) is 23.4 Å². The molecule has 96 valence electrons. The lowest BCUT2D eigenvalue weighted by Gasteiger charge is -2.17. The van der Waals surface area contributed by atoms with E-state index >= 15 is 0 Å². The monoisotopic (exact) mass is 251 g/mol. The molecule has 19 heavy (non-hydrogen) atoms. The van der Waals surface area contributed by atoms with Gasteiger partial charge in [-0.15, -0.1) is 0 Å². The van der Waals surface area contributed by atoms with Crippen molar-refractivity contribution in [2.75, 3.05) is 0 Å². The topological polar surface area (TPSA) is 32.6 Å². The van der Waals surface area contributed by atoms with Crippen LogP contribution in [0.2, 0.25) is 0 Å². The molecule has 2 aromatic rings. The molecule has 2 nitrogen and oxygen atoms in total. The molecule has 0 radical (unpaired) electrons. The van der Waals surface area contributed by atoms with Crippen LogP contribution in [-0.2, 0) is 12.8 Å². The van der Waals surface area contributed by atoms with Crippen molar-refractivity contribution in [2.24, 2.45) is 5.16 Å². The predicted octanol–water partition coefficient (Wildman–Crippen LogP) is 3.79. The average molecular weight is 251 g/mol. The molecule has 0 spiro atoms. The lowest BCUT2D eigenvalue weighted by molar-refractivity contribution is 0.319. The second kappa shape index (κ2) is 5.27. The number of fused-ring (bicyclic) bond motifs is 1. The standard InChI is InChI=1S/C17H17NO/c19-18-17(14-7-2-1-3-8-14)16-11-10-13-6-4-5-9-15(13)12-16/h1-3,7-8,10-12,19H,4-6,9H2. The van der Waals surface area contributed by atoms with Crippen LogP contribution in [0.5, 0.6) is 0 Å². The van der Waals surface area contributed by atoms with Gasteiger partial charge >= 0.3 is 0 Å². The normalized spacial score (nSPS) is 15.1. The molecule has 2 aromatic carbocycles. The first-order valence-corrected chi connectivity index (χ1v) is 6.78. The first-order chi connectivity index (χ1) is 9.38. The smallest absolute Gasteiger partial charge is 0.117 e. The van der Waals surface area contributed by atoms with E-state index in [4.69, 9.17) is 0 Å². The Morgan fingerprint density at radius 1 is 0.842 bits per heavy atom. The Balaban J connectivity index is 2.01. The molecule has 0 saturated carbocycles. The van der Waals surface area contributed by atoms with Crippen LogP contribution < -0.4 is 0 Å². The highest BCUT2D eigenvalue weighted by atomic mass is 16.4. The summed E-state index contributed by atoms with van der Waals surface area (Å²) in [6, 6.07) is 16.2. The summed E-state index contributed by atoms with van der Waals surface area (Å²) >= 11 is 0. The summed E-state index contributed by atoms with van der Waals surface area (Å²) in [5.74, 6) is 0. The van der Waals surface area contributed by atoms with Gasteiger partial charge in [0, 0.05) is 11.1 Å². The maximum absolute atomic E-state index is 9.32. The molecule has 0 unspecified atom stereocenters. The van der Waals surface area contributed by atoms with E-state index in [1.165, 1.54) is 30.4 Å². The summed E-state index contributed by atoms with van der Waals surface area (Å²) < 4.78 is 0. The van der Waals surface area contributed by atoms with Crippen LogP contribution in [0.15, 0.2) is 53.7 Å². The maximum Gasteiger partial charge on any atom is 0.117 e. The third-order valence-electron chi connectivity index (χ3n) is 3.77. The lowest BCUT2D eigenvalue weighted by atomic mass is 9.89. The molecule has 1 aliphatic carbocycles. The van der Waals surface area contributed by atoms with Gasteiger partial charge in [0.25, 0.3) is 0 Å². The molecule has 2 heteroatoms. The van der Waals surface area contributed by atoms with Gasteiger partial charge in [-0.05, 0) is 42.9 Å². The van der Waals surface area contributed by atoms with Crippen LogP contribution in [0.1, 0.15) is 35.1 Å². The number of hydrogen-bond acceptors (Lipinski definition) is 2. The second-order valence-corrected chi connectivity index (χ2v) is 5.01. The zero-order valence-electron chi connectivity index (χ0n) is 10.8. The third kappa shape index (κ3) is 2.39. The summed E-state index contributed by atoms with van der Waals surface area (Å²) in [4.78, 5) is 0. The van der Waals surface area contributed by atoms with Gasteiger partial charge in [0.05, 0.1) is 0 Å². The minimum absolute atomic E-state index is 0.647. The molecule has 0 aromatic heterocycles. The van der Waals surface area contributed by atoms with Gasteiger partial charge in [0.1, 0.15) is 5.71 Å². The van der Waals surface area contributed by atoms with Gasteiger partial charge in [0.2, 0.25) is 0 Å². The van der Waals surface area contributed by atoms with E-state index in [-0.39, 0.29) is 0 Å². The van der Waals surface area contributed by atoms with Gasteiger partial charge in [-0.3, -0.25) is 0 Å². The molecule has 0 heterocycles. The highest BCUT2D eigenvalue weighted by molar-refractivity contribution is 6.12. The number of hydrogen-bond donors (Lipinski definition) is 1. The van der Waals surface area contributed by atoms with Crippen molar-refractivity contribution in [1.29, 1.82) is 0 Å². The van der Waals surface area contributed by atoms with Crippen molar-refractivity contribution < 1.29 is 5.21 Å². The van der Waals surface area contributed by atoms with Crippen molar-refractivity contribution in [1.82, 2.24) is 0 Å². The van der Waals surface area contributed by atoms with E-state index in [1.54, 1.807) is 0 Å². The van der Waals surface area contributed by atoms with Crippen LogP contribution in [0.3, 0.4) is 0 Å². The molecule has 0 fully saturated rings. The fraction of sp³-hybridized carbons (Fsp3) is 0.235. The first-order valence-electron chi connectivity index (χ1n) is 6.78. The Morgan fingerprint density at radius 3 is 2.32 bits per heavy atom. The van der Waals surface area contributed by atoms with Crippen LogP contribution in [-0.4, -0.2) is 10.9 Å². The SMILES string of the molecule is ON=C(c1ccccc1)c1ccc2c(c1)CCCC2. The fourth-order valence-corrected chi connectivity index (χ4v) is 2.76. The van der Waals surface area contributed by atoms with Crippen LogP contribution in [0.4, 0.5) is 0 Å². The van der Waals surface area contributed by atoms with Crippen LogP contribution in [0, 0.1) is 0 Å². The van der Waals surface area contributed by atoms with E-state index in [9.17, 15) is 5.21 Å². The van der Waals surface area contributed by atoms with E-state index in [1.807, 2.05) is 30.3 Å². The minimum Gasteiger partial charge on any atom is -0.410 e. The predicted molar refractivity (Wildman–Crippen MR) is 77.0 cm³/mol. The van der Waals surface area contributed by atoms with Crippen LogP contribution >= 0.6 is 0 Å². The molecular weight excluding hydrogens is 234 g/mol. The van der Waals surface area contributed by atoms with Gasteiger partial charge in [0.15, 0.2) is 0 Å². The second-order valence-electron chi connectivity index (χ2n) is 5.01. The first kappa shape index (κ1) is 12.0. The highest BCUT2D eigenvalue weighted by Gasteiger charge is 2.13. The lowest BCUT2D eigenvalue weighted by Crippen LogP contribution is -2.08. The summed E-state index contributed by atoms with van der Waals surface area (Å²) in [6.07, 6.45) is 4.85. The van der Waals surface area contributed by atoms with E-state index in [0.717, 1.165) is 17.5 Å². The average Bonchev–Trinajstić information content (AvgIpc) is 2.49.